The van der Waals surface area contributed by atoms with Crippen LogP contribution in [0.1, 0.15) is 22.8 Å². The van der Waals surface area contributed by atoms with Gasteiger partial charge in [0.15, 0.2) is 0 Å². The van der Waals surface area contributed by atoms with Crippen LogP contribution in [0.3, 0.4) is 0 Å². The molecule has 0 bridgehead atoms. The Morgan fingerprint density at radius 1 is 1.05 bits per heavy atom. The second-order valence-corrected chi connectivity index (χ2v) is 4.61. The number of benzene rings is 2. The lowest BCUT2D eigenvalue weighted by atomic mass is 10.1. The Morgan fingerprint density at radius 3 is 2.30 bits per heavy atom. The quantitative estimate of drug-likeness (QED) is 0.778. The van der Waals surface area contributed by atoms with Crippen LogP contribution in [0.15, 0.2) is 54.6 Å². The zero-order chi connectivity index (χ0) is 14.4. The van der Waals surface area contributed by atoms with Gasteiger partial charge in [0.1, 0.15) is 0 Å². The molecule has 0 aliphatic carbocycles. The van der Waals surface area contributed by atoms with Gasteiger partial charge in [0, 0.05) is 19.3 Å². The third-order valence-corrected chi connectivity index (χ3v) is 3.08. The number of esters is 1. The third kappa shape index (κ3) is 3.60. The number of rotatable bonds is 5. The van der Waals surface area contributed by atoms with Gasteiger partial charge < -0.3 is 9.64 Å². The van der Waals surface area contributed by atoms with Crippen LogP contribution in [0.2, 0.25) is 0 Å². The van der Waals surface area contributed by atoms with E-state index in [1.165, 1.54) is 5.69 Å². The molecule has 104 valence electrons. The predicted molar refractivity (Wildman–Crippen MR) is 80.9 cm³/mol. The fourth-order valence-corrected chi connectivity index (χ4v) is 2.01. The van der Waals surface area contributed by atoms with Gasteiger partial charge in [0.25, 0.3) is 0 Å². The van der Waals surface area contributed by atoms with E-state index in [4.69, 9.17) is 4.74 Å². The van der Waals surface area contributed by atoms with Gasteiger partial charge >= 0.3 is 5.97 Å². The van der Waals surface area contributed by atoms with Crippen LogP contribution in [0, 0.1) is 0 Å². The highest BCUT2D eigenvalue weighted by atomic mass is 16.5. The number of hydrogen-bond donors (Lipinski definition) is 0. The van der Waals surface area contributed by atoms with Crippen molar-refractivity contribution in [3.05, 3.63) is 65.7 Å². The number of carbonyl (C=O) groups excluding carboxylic acids is 1. The van der Waals surface area contributed by atoms with E-state index >= 15 is 0 Å². The van der Waals surface area contributed by atoms with Crippen LogP contribution in [0.25, 0.3) is 0 Å². The molecule has 0 N–H and O–H groups in total. The van der Waals surface area contributed by atoms with E-state index in [0.717, 1.165) is 12.1 Å². The van der Waals surface area contributed by atoms with Crippen LogP contribution in [0.4, 0.5) is 5.69 Å². The summed E-state index contributed by atoms with van der Waals surface area (Å²) in [6, 6.07) is 17.8. The van der Waals surface area contributed by atoms with Crippen LogP contribution in [-0.2, 0) is 11.3 Å². The maximum atomic E-state index is 11.6. The van der Waals surface area contributed by atoms with Crippen LogP contribution in [-0.4, -0.2) is 19.6 Å². The Hall–Kier alpha value is -2.29. The summed E-state index contributed by atoms with van der Waals surface area (Å²) in [5, 5.41) is 0. The molecule has 2 aromatic rings. The molecule has 0 atom stereocenters. The first-order valence-electron chi connectivity index (χ1n) is 6.73. The van der Waals surface area contributed by atoms with Gasteiger partial charge in [0.05, 0.1) is 12.2 Å². The minimum atomic E-state index is -0.268. The summed E-state index contributed by atoms with van der Waals surface area (Å²) in [7, 11) is 2.05. The highest BCUT2D eigenvalue weighted by molar-refractivity contribution is 5.89. The van der Waals surface area contributed by atoms with Gasteiger partial charge in [-0.05, 0) is 36.8 Å². The van der Waals surface area contributed by atoms with Crippen molar-refractivity contribution in [2.45, 2.75) is 13.5 Å². The summed E-state index contributed by atoms with van der Waals surface area (Å²) in [5.41, 5.74) is 2.92. The van der Waals surface area contributed by atoms with Crippen molar-refractivity contribution in [2.75, 3.05) is 18.6 Å². The molecule has 0 radical (unpaired) electrons. The standard InChI is InChI=1S/C17H19NO2/c1-3-20-17(19)15-11-9-14(10-12-15)13-18(2)16-7-5-4-6-8-16/h4-12H,3,13H2,1-2H3. The van der Waals surface area contributed by atoms with Gasteiger partial charge in [0.2, 0.25) is 0 Å². The van der Waals surface area contributed by atoms with Crippen LogP contribution >= 0.6 is 0 Å². The minimum absolute atomic E-state index is 0.268. The Morgan fingerprint density at radius 2 is 1.70 bits per heavy atom. The van der Waals surface area contributed by atoms with Crippen LogP contribution in [0.5, 0.6) is 0 Å². The zero-order valence-electron chi connectivity index (χ0n) is 11.9. The molecule has 0 spiro atoms. The number of para-hydroxylation sites is 1. The molecular formula is C17H19NO2. The number of carbonyl (C=O) groups is 1. The first-order valence-corrected chi connectivity index (χ1v) is 6.73. The Balaban J connectivity index is 2.02. The van der Waals surface area contributed by atoms with Crippen molar-refractivity contribution in [2.24, 2.45) is 0 Å². The first-order chi connectivity index (χ1) is 9.70. The summed E-state index contributed by atoms with van der Waals surface area (Å²) in [5.74, 6) is -0.268. The summed E-state index contributed by atoms with van der Waals surface area (Å²) in [6.45, 7) is 3.01. The monoisotopic (exact) mass is 269 g/mol. The molecule has 0 aliphatic rings. The van der Waals surface area contributed by atoms with Gasteiger partial charge in [-0.2, -0.15) is 0 Å². The van der Waals surface area contributed by atoms with Gasteiger partial charge in [-0.15, -0.1) is 0 Å². The molecule has 2 rings (SSSR count). The van der Waals surface area contributed by atoms with E-state index in [1.54, 1.807) is 6.92 Å². The maximum absolute atomic E-state index is 11.6. The summed E-state index contributed by atoms with van der Waals surface area (Å²) < 4.78 is 4.97. The molecule has 0 aromatic heterocycles. The largest absolute Gasteiger partial charge is 0.462 e. The Labute approximate surface area is 119 Å². The lowest BCUT2D eigenvalue weighted by Gasteiger charge is -2.19. The average Bonchev–Trinajstić information content (AvgIpc) is 2.49. The molecule has 0 aliphatic heterocycles. The van der Waals surface area contributed by atoms with Gasteiger partial charge in [-0.25, -0.2) is 4.79 Å². The van der Waals surface area contributed by atoms with E-state index < -0.39 is 0 Å². The Kier molecular flexibility index (Phi) is 4.77. The smallest absolute Gasteiger partial charge is 0.338 e. The lowest BCUT2D eigenvalue weighted by Crippen LogP contribution is -2.16. The summed E-state index contributed by atoms with van der Waals surface area (Å²) in [4.78, 5) is 13.7. The Bertz CT molecular complexity index is 549. The third-order valence-electron chi connectivity index (χ3n) is 3.08. The second kappa shape index (κ2) is 6.75. The topological polar surface area (TPSA) is 29.5 Å². The molecule has 0 heterocycles. The number of anilines is 1. The van der Waals surface area contributed by atoms with E-state index in [2.05, 4.69) is 24.1 Å². The van der Waals surface area contributed by atoms with Gasteiger partial charge in [-0.3, -0.25) is 0 Å². The fraction of sp³-hybridized carbons (Fsp3) is 0.235. The van der Waals surface area contributed by atoms with Gasteiger partial charge in [-0.1, -0.05) is 30.3 Å². The minimum Gasteiger partial charge on any atom is -0.462 e. The van der Waals surface area contributed by atoms with Crippen LogP contribution < -0.4 is 4.90 Å². The van der Waals surface area contributed by atoms with Crippen molar-refractivity contribution < 1.29 is 9.53 Å². The molecule has 0 saturated carbocycles. The molecule has 0 saturated heterocycles. The highest BCUT2D eigenvalue weighted by Gasteiger charge is 2.06. The molecule has 0 unspecified atom stereocenters. The van der Waals surface area contributed by atoms with E-state index in [1.807, 2.05) is 42.5 Å². The molecule has 3 nitrogen and oxygen atoms in total. The van der Waals surface area contributed by atoms with Crippen molar-refractivity contribution in [3.63, 3.8) is 0 Å². The van der Waals surface area contributed by atoms with Crippen molar-refractivity contribution in [3.8, 4) is 0 Å². The predicted octanol–water partition coefficient (Wildman–Crippen LogP) is 3.50. The molecular weight excluding hydrogens is 250 g/mol. The summed E-state index contributed by atoms with van der Waals surface area (Å²) in [6.07, 6.45) is 0. The van der Waals surface area contributed by atoms with E-state index in [-0.39, 0.29) is 5.97 Å². The molecule has 3 heteroatoms. The highest BCUT2D eigenvalue weighted by Crippen LogP contribution is 2.15. The maximum Gasteiger partial charge on any atom is 0.338 e. The van der Waals surface area contributed by atoms with E-state index in [0.29, 0.717) is 12.2 Å². The van der Waals surface area contributed by atoms with Crippen molar-refractivity contribution in [1.29, 1.82) is 0 Å². The fourth-order valence-electron chi connectivity index (χ4n) is 2.01. The summed E-state index contributed by atoms with van der Waals surface area (Å²) >= 11 is 0. The SMILES string of the molecule is CCOC(=O)c1ccc(CN(C)c2ccccc2)cc1. The molecule has 2 aromatic carbocycles. The zero-order valence-corrected chi connectivity index (χ0v) is 11.9. The second-order valence-electron chi connectivity index (χ2n) is 4.61. The lowest BCUT2D eigenvalue weighted by molar-refractivity contribution is 0.0526. The molecule has 0 amide bonds. The molecule has 0 fully saturated rings. The number of nitrogens with zero attached hydrogens (tertiary/aromatic N) is 1. The number of hydrogen-bond acceptors (Lipinski definition) is 3. The number of ether oxygens (including phenoxy) is 1. The normalized spacial score (nSPS) is 10.1. The van der Waals surface area contributed by atoms with Crippen molar-refractivity contribution >= 4 is 11.7 Å². The average molecular weight is 269 g/mol. The van der Waals surface area contributed by atoms with E-state index in [9.17, 15) is 4.79 Å². The van der Waals surface area contributed by atoms with Crippen molar-refractivity contribution in [1.82, 2.24) is 0 Å². The first kappa shape index (κ1) is 14.1. The molecule has 20 heavy (non-hydrogen) atoms.